The molecule has 2 N–H and O–H groups in total. The van der Waals surface area contributed by atoms with Crippen molar-refractivity contribution in [2.45, 2.75) is 20.5 Å². The van der Waals surface area contributed by atoms with Gasteiger partial charge in [0, 0.05) is 23.1 Å². The summed E-state index contributed by atoms with van der Waals surface area (Å²) in [7, 11) is 0. The summed E-state index contributed by atoms with van der Waals surface area (Å²) in [5, 5.41) is 11.6. The minimum absolute atomic E-state index is 0.00445. The average molecular weight is 368 g/mol. The van der Waals surface area contributed by atoms with E-state index < -0.39 is 16.5 Å². The lowest BCUT2D eigenvalue weighted by Crippen LogP contribution is -2.09. The molecule has 0 aliphatic heterocycles. The Bertz CT molecular complexity index is 1130. The molecule has 2 aromatic carbocycles. The van der Waals surface area contributed by atoms with E-state index in [2.05, 4.69) is 0 Å². The number of nitrogen functional groups attached to an aromatic ring is 1. The Morgan fingerprint density at radius 1 is 1.19 bits per heavy atom. The Morgan fingerprint density at radius 3 is 2.59 bits per heavy atom. The normalized spacial score (nSPS) is 10.7. The van der Waals surface area contributed by atoms with Gasteiger partial charge < -0.3 is 14.9 Å². The van der Waals surface area contributed by atoms with E-state index >= 15 is 0 Å². The summed E-state index contributed by atoms with van der Waals surface area (Å²) in [6.45, 7) is 3.64. The first-order chi connectivity index (χ1) is 12.8. The van der Waals surface area contributed by atoms with E-state index in [0.717, 1.165) is 17.2 Å². The largest absolute Gasteiger partial charge is 0.457 e. The van der Waals surface area contributed by atoms with Crippen LogP contribution in [0, 0.1) is 24.0 Å². The van der Waals surface area contributed by atoms with Crippen LogP contribution in [0.1, 0.15) is 27.0 Å². The summed E-state index contributed by atoms with van der Waals surface area (Å²) >= 11 is 0. The van der Waals surface area contributed by atoms with Gasteiger partial charge in [-0.15, -0.1) is 0 Å². The Balaban J connectivity index is 1.90. The molecule has 8 nitrogen and oxygen atoms in total. The molecule has 1 aromatic heterocycles. The molecule has 0 aliphatic rings. The number of ether oxygens (including phenoxy) is 1. The minimum atomic E-state index is -0.761. The molecule has 0 radical (unpaired) electrons. The Morgan fingerprint density at radius 2 is 1.89 bits per heavy atom. The van der Waals surface area contributed by atoms with Crippen molar-refractivity contribution < 1.29 is 18.9 Å². The van der Waals surface area contributed by atoms with Gasteiger partial charge in [0.05, 0.1) is 10.5 Å². The quantitative estimate of drug-likeness (QED) is 0.246. The number of esters is 1. The van der Waals surface area contributed by atoms with Crippen LogP contribution in [0.25, 0.3) is 11.0 Å². The highest BCUT2D eigenvalue weighted by Gasteiger charge is 2.17. The van der Waals surface area contributed by atoms with Crippen molar-refractivity contribution in [2.24, 2.45) is 0 Å². The maximum Gasteiger partial charge on any atom is 0.338 e. The van der Waals surface area contributed by atoms with Gasteiger partial charge in [0.25, 0.3) is 5.69 Å². The number of fused-ring (bicyclic) bond motifs is 1. The zero-order chi connectivity index (χ0) is 19.7. The number of nitrogens with two attached hydrogens (primary N) is 1. The molecule has 0 fully saturated rings. The predicted molar refractivity (Wildman–Crippen MR) is 98.6 cm³/mol. The molecule has 8 heteroatoms. The van der Waals surface area contributed by atoms with Crippen molar-refractivity contribution in [1.82, 2.24) is 0 Å². The zero-order valence-corrected chi connectivity index (χ0v) is 14.6. The summed E-state index contributed by atoms with van der Waals surface area (Å²) in [6.07, 6.45) is 0. The van der Waals surface area contributed by atoms with E-state index in [-0.39, 0.29) is 23.5 Å². The molecule has 0 bridgehead atoms. The number of carbonyl (C=O) groups excluding carboxylic acids is 1. The number of anilines is 1. The SMILES string of the molecule is Cc1cc2oc(=O)cc(COC(=O)c3ccc(N)c([N+](=O)[O-])c3)c2cc1C. The standard InChI is InChI=1S/C19H16N2O6/c1-10-5-14-13(8-18(22)27-17(14)6-11(10)2)9-26-19(23)12-3-4-15(20)16(7-12)21(24)25/h3-8H,9,20H2,1-2H3. The number of hydrogen-bond donors (Lipinski definition) is 1. The zero-order valence-electron chi connectivity index (χ0n) is 14.6. The van der Waals surface area contributed by atoms with Gasteiger partial charge in [-0.25, -0.2) is 9.59 Å². The maximum atomic E-state index is 12.3. The van der Waals surface area contributed by atoms with Gasteiger partial charge in [0.15, 0.2) is 0 Å². The summed E-state index contributed by atoms with van der Waals surface area (Å²) in [5.74, 6) is -0.761. The van der Waals surface area contributed by atoms with Gasteiger partial charge in [-0.3, -0.25) is 10.1 Å². The molecule has 27 heavy (non-hydrogen) atoms. The van der Waals surface area contributed by atoms with E-state index in [1.807, 2.05) is 19.9 Å². The van der Waals surface area contributed by atoms with E-state index in [0.29, 0.717) is 16.5 Å². The summed E-state index contributed by atoms with van der Waals surface area (Å²) in [6, 6.07) is 8.53. The van der Waals surface area contributed by atoms with Gasteiger partial charge >= 0.3 is 11.6 Å². The van der Waals surface area contributed by atoms with E-state index in [9.17, 15) is 19.7 Å². The number of carbonyl (C=O) groups is 1. The molecule has 0 unspecified atom stereocenters. The molecule has 138 valence electrons. The second-order valence-electron chi connectivity index (χ2n) is 6.13. The first-order valence-corrected chi connectivity index (χ1v) is 8.01. The highest BCUT2D eigenvalue weighted by Crippen LogP contribution is 2.24. The number of rotatable bonds is 4. The van der Waals surface area contributed by atoms with Gasteiger partial charge in [0.1, 0.15) is 17.9 Å². The van der Waals surface area contributed by atoms with Crippen LogP contribution in [-0.2, 0) is 11.3 Å². The van der Waals surface area contributed by atoms with E-state index in [1.54, 1.807) is 6.07 Å². The smallest absolute Gasteiger partial charge is 0.338 e. The minimum Gasteiger partial charge on any atom is -0.457 e. The van der Waals surface area contributed by atoms with Crippen LogP contribution in [0.15, 0.2) is 45.6 Å². The fraction of sp³-hybridized carbons (Fsp3) is 0.158. The van der Waals surface area contributed by atoms with Crippen LogP contribution >= 0.6 is 0 Å². The van der Waals surface area contributed by atoms with Crippen LogP contribution < -0.4 is 11.4 Å². The molecule has 0 spiro atoms. The van der Waals surface area contributed by atoms with Crippen molar-refractivity contribution in [3.8, 4) is 0 Å². The lowest BCUT2D eigenvalue weighted by Gasteiger charge is -2.09. The fourth-order valence-corrected chi connectivity index (χ4v) is 2.66. The van der Waals surface area contributed by atoms with Crippen molar-refractivity contribution in [1.29, 1.82) is 0 Å². The molecular formula is C19H16N2O6. The van der Waals surface area contributed by atoms with Gasteiger partial charge in [-0.1, -0.05) is 0 Å². The molecular weight excluding hydrogens is 352 g/mol. The summed E-state index contributed by atoms with van der Waals surface area (Å²) in [5.41, 5.74) is 7.40. The molecule has 1 heterocycles. The molecule has 0 amide bonds. The first-order valence-electron chi connectivity index (χ1n) is 8.01. The number of nitro benzene ring substituents is 1. The maximum absolute atomic E-state index is 12.3. The third-order valence-corrected chi connectivity index (χ3v) is 4.27. The lowest BCUT2D eigenvalue weighted by molar-refractivity contribution is -0.383. The number of aryl methyl sites for hydroxylation is 2. The van der Waals surface area contributed by atoms with Crippen molar-refractivity contribution in [3.05, 3.63) is 79.2 Å². The fourth-order valence-electron chi connectivity index (χ4n) is 2.66. The Hall–Kier alpha value is -3.68. The average Bonchev–Trinajstić information content (AvgIpc) is 2.61. The third-order valence-electron chi connectivity index (χ3n) is 4.27. The summed E-state index contributed by atoms with van der Waals surface area (Å²) in [4.78, 5) is 34.3. The predicted octanol–water partition coefficient (Wildman–Crippen LogP) is 3.26. The Kier molecular flexibility index (Phi) is 4.64. The number of benzene rings is 2. The van der Waals surface area contributed by atoms with Gasteiger partial charge in [-0.05, 0) is 49.2 Å². The van der Waals surface area contributed by atoms with Crippen LogP contribution in [-0.4, -0.2) is 10.9 Å². The number of nitro groups is 1. The van der Waals surface area contributed by atoms with Crippen LogP contribution in [0.3, 0.4) is 0 Å². The molecule has 3 rings (SSSR count). The van der Waals surface area contributed by atoms with Gasteiger partial charge in [0.2, 0.25) is 0 Å². The second kappa shape index (κ2) is 6.91. The molecule has 0 saturated heterocycles. The van der Waals surface area contributed by atoms with Crippen LogP contribution in [0.2, 0.25) is 0 Å². The van der Waals surface area contributed by atoms with Crippen LogP contribution in [0.4, 0.5) is 11.4 Å². The number of hydrogen-bond acceptors (Lipinski definition) is 7. The monoisotopic (exact) mass is 368 g/mol. The highest BCUT2D eigenvalue weighted by atomic mass is 16.6. The molecule has 3 aromatic rings. The van der Waals surface area contributed by atoms with Gasteiger partial charge in [-0.2, -0.15) is 0 Å². The van der Waals surface area contributed by atoms with Crippen molar-refractivity contribution in [2.75, 3.05) is 5.73 Å². The van der Waals surface area contributed by atoms with E-state index in [4.69, 9.17) is 14.9 Å². The van der Waals surface area contributed by atoms with Crippen molar-refractivity contribution in [3.63, 3.8) is 0 Å². The molecule has 0 aliphatic carbocycles. The second-order valence-corrected chi connectivity index (χ2v) is 6.13. The van der Waals surface area contributed by atoms with Crippen LogP contribution in [0.5, 0.6) is 0 Å². The molecule has 0 saturated carbocycles. The van der Waals surface area contributed by atoms with E-state index in [1.165, 1.54) is 18.2 Å². The Labute approximate surface area is 153 Å². The van der Waals surface area contributed by atoms with Crippen molar-refractivity contribution >= 4 is 28.3 Å². The number of nitrogens with zero attached hydrogens (tertiary/aromatic N) is 1. The molecule has 0 atom stereocenters. The third kappa shape index (κ3) is 3.64. The topological polar surface area (TPSA) is 126 Å². The lowest BCUT2D eigenvalue weighted by atomic mass is 10.0. The highest BCUT2D eigenvalue weighted by molar-refractivity contribution is 5.91. The first kappa shape index (κ1) is 18.1. The summed E-state index contributed by atoms with van der Waals surface area (Å²) < 4.78 is 10.4.